The van der Waals surface area contributed by atoms with Gasteiger partial charge in [-0.15, -0.1) is 0 Å². The lowest BCUT2D eigenvalue weighted by molar-refractivity contribution is 0.0114. The molecular formula is C31H38N4O3S2. The van der Waals surface area contributed by atoms with Gasteiger partial charge in [0.05, 0.1) is 32.1 Å². The number of benzene rings is 2. The predicted molar refractivity (Wildman–Crippen MR) is 164 cm³/mol. The number of ether oxygens (including phenoxy) is 2. The number of morpholine rings is 2. The SMILES string of the molecule is CCC(Nc1ccc2c(c1)Sc1cccc(-c3cc(N4CCOCC4)cc(=O)[nH]3)c1S2)[C@H](CC)N1CCOCC1. The molecule has 1 unspecified atom stereocenters. The molecule has 0 radical (unpaired) electrons. The van der Waals surface area contributed by atoms with Crippen molar-refractivity contribution < 1.29 is 9.47 Å². The Bertz CT molecular complexity index is 1390. The third-order valence-corrected chi connectivity index (χ3v) is 10.6. The fraction of sp³-hybridized carbons (Fsp3) is 0.452. The number of aromatic amines is 1. The van der Waals surface area contributed by atoms with Gasteiger partial charge in [0.15, 0.2) is 0 Å². The molecular weight excluding hydrogens is 541 g/mol. The number of nitrogens with zero attached hydrogens (tertiary/aromatic N) is 2. The minimum Gasteiger partial charge on any atom is -0.381 e. The van der Waals surface area contributed by atoms with Crippen molar-refractivity contribution >= 4 is 34.9 Å². The van der Waals surface area contributed by atoms with Crippen LogP contribution in [0.3, 0.4) is 0 Å². The Morgan fingerprint density at radius 2 is 1.65 bits per heavy atom. The third kappa shape index (κ3) is 5.94. The Hall–Kier alpha value is -2.43. The van der Waals surface area contributed by atoms with Gasteiger partial charge in [0, 0.05) is 80.8 Å². The van der Waals surface area contributed by atoms with Crippen molar-refractivity contribution in [3.8, 4) is 11.3 Å². The van der Waals surface area contributed by atoms with Crippen molar-refractivity contribution in [3.63, 3.8) is 0 Å². The maximum absolute atomic E-state index is 12.7. The molecule has 0 aliphatic carbocycles. The molecule has 2 fully saturated rings. The summed E-state index contributed by atoms with van der Waals surface area (Å²) in [7, 11) is 0. The van der Waals surface area contributed by atoms with Gasteiger partial charge in [-0.3, -0.25) is 9.69 Å². The van der Waals surface area contributed by atoms with Gasteiger partial charge in [0.2, 0.25) is 5.56 Å². The normalized spacial score (nSPS) is 19.0. The lowest BCUT2D eigenvalue weighted by Gasteiger charge is -2.39. The first-order chi connectivity index (χ1) is 19.6. The Kier molecular flexibility index (Phi) is 8.74. The zero-order chi connectivity index (χ0) is 27.5. The van der Waals surface area contributed by atoms with Crippen molar-refractivity contribution in [1.29, 1.82) is 0 Å². The van der Waals surface area contributed by atoms with E-state index in [1.165, 1.54) is 25.3 Å². The Morgan fingerprint density at radius 3 is 2.40 bits per heavy atom. The largest absolute Gasteiger partial charge is 0.381 e. The van der Waals surface area contributed by atoms with Gasteiger partial charge in [-0.05, 0) is 43.2 Å². The summed E-state index contributed by atoms with van der Waals surface area (Å²) in [6, 6.07) is 17.8. The quantitative estimate of drug-likeness (QED) is 0.272. The van der Waals surface area contributed by atoms with Crippen LogP contribution < -0.4 is 15.8 Å². The highest BCUT2D eigenvalue weighted by atomic mass is 32.2. The summed E-state index contributed by atoms with van der Waals surface area (Å²) in [5, 5.41) is 3.87. The molecule has 3 aromatic rings. The van der Waals surface area contributed by atoms with E-state index in [1.807, 2.05) is 11.8 Å². The maximum Gasteiger partial charge on any atom is 0.250 e. The molecule has 0 spiro atoms. The van der Waals surface area contributed by atoms with Gasteiger partial charge < -0.3 is 24.7 Å². The van der Waals surface area contributed by atoms with E-state index < -0.39 is 0 Å². The number of hydrogen-bond acceptors (Lipinski definition) is 8. The number of anilines is 2. The Morgan fingerprint density at radius 1 is 0.875 bits per heavy atom. The van der Waals surface area contributed by atoms with Crippen LogP contribution in [0.25, 0.3) is 11.3 Å². The lowest BCUT2D eigenvalue weighted by Crippen LogP contribution is -2.50. The average molecular weight is 579 g/mol. The number of rotatable bonds is 8. The number of pyridine rings is 1. The average Bonchev–Trinajstić information content (AvgIpc) is 3.00. The highest BCUT2D eigenvalue weighted by molar-refractivity contribution is 8.05. The molecule has 1 aromatic heterocycles. The van der Waals surface area contributed by atoms with Crippen LogP contribution in [0.5, 0.6) is 0 Å². The molecule has 7 nitrogen and oxygen atoms in total. The van der Waals surface area contributed by atoms with Gasteiger partial charge >= 0.3 is 0 Å². The van der Waals surface area contributed by atoms with Gasteiger partial charge in [-0.1, -0.05) is 49.5 Å². The predicted octanol–water partition coefficient (Wildman–Crippen LogP) is 5.80. The summed E-state index contributed by atoms with van der Waals surface area (Å²) < 4.78 is 11.1. The third-order valence-electron chi connectivity index (χ3n) is 8.04. The molecule has 3 aliphatic heterocycles. The molecule has 0 bridgehead atoms. The first kappa shape index (κ1) is 27.7. The molecule has 2 saturated heterocycles. The van der Waals surface area contributed by atoms with Gasteiger partial charge in [0.25, 0.3) is 0 Å². The maximum atomic E-state index is 12.7. The van der Waals surface area contributed by atoms with Gasteiger partial charge in [0.1, 0.15) is 0 Å². The number of H-pyrrole nitrogens is 1. The molecule has 9 heteroatoms. The fourth-order valence-electron chi connectivity index (χ4n) is 5.97. The fourth-order valence-corrected chi connectivity index (χ4v) is 8.39. The molecule has 2 aromatic carbocycles. The highest BCUT2D eigenvalue weighted by Crippen LogP contribution is 2.52. The molecule has 6 rings (SSSR count). The molecule has 4 heterocycles. The van der Waals surface area contributed by atoms with Crippen LogP contribution in [0.15, 0.2) is 72.9 Å². The van der Waals surface area contributed by atoms with Gasteiger partial charge in [-0.25, -0.2) is 0 Å². The van der Waals surface area contributed by atoms with E-state index in [4.69, 9.17) is 9.47 Å². The molecule has 0 saturated carbocycles. The van der Waals surface area contributed by atoms with Crippen molar-refractivity contribution in [2.24, 2.45) is 0 Å². The number of aromatic nitrogens is 1. The minimum atomic E-state index is -0.0749. The Labute approximate surface area is 245 Å². The van der Waals surface area contributed by atoms with Crippen LogP contribution in [0.2, 0.25) is 0 Å². The van der Waals surface area contributed by atoms with E-state index in [-0.39, 0.29) is 5.56 Å². The topological polar surface area (TPSA) is 69.8 Å². The second-order valence-corrected chi connectivity index (χ2v) is 12.6. The van der Waals surface area contributed by atoms with E-state index >= 15 is 0 Å². The van der Waals surface area contributed by atoms with E-state index in [0.29, 0.717) is 25.3 Å². The number of fused-ring (bicyclic) bond motifs is 2. The first-order valence-electron chi connectivity index (χ1n) is 14.4. The smallest absolute Gasteiger partial charge is 0.250 e. The van der Waals surface area contributed by atoms with Crippen LogP contribution in [-0.2, 0) is 9.47 Å². The van der Waals surface area contributed by atoms with Crippen LogP contribution in [0.1, 0.15) is 26.7 Å². The molecule has 2 atom stereocenters. The van der Waals surface area contributed by atoms with E-state index in [9.17, 15) is 4.79 Å². The summed E-state index contributed by atoms with van der Waals surface area (Å²) in [6.07, 6.45) is 2.19. The molecule has 3 aliphatic rings. The lowest BCUT2D eigenvalue weighted by atomic mass is 10.00. The number of nitrogens with one attached hydrogen (secondary N) is 2. The van der Waals surface area contributed by atoms with E-state index in [1.54, 1.807) is 17.8 Å². The van der Waals surface area contributed by atoms with Gasteiger partial charge in [-0.2, -0.15) is 0 Å². The summed E-state index contributed by atoms with van der Waals surface area (Å²) >= 11 is 3.60. The van der Waals surface area contributed by atoms with Crippen LogP contribution in [-0.4, -0.2) is 74.6 Å². The van der Waals surface area contributed by atoms with Crippen LogP contribution >= 0.6 is 23.5 Å². The zero-order valence-electron chi connectivity index (χ0n) is 23.3. The second kappa shape index (κ2) is 12.6. The molecule has 2 N–H and O–H groups in total. The van der Waals surface area contributed by atoms with E-state index in [0.717, 1.165) is 69.2 Å². The van der Waals surface area contributed by atoms with Crippen molar-refractivity contribution in [1.82, 2.24) is 9.88 Å². The van der Waals surface area contributed by atoms with E-state index in [2.05, 4.69) is 76.4 Å². The van der Waals surface area contributed by atoms with Crippen LogP contribution in [0, 0.1) is 0 Å². The standard InChI is InChI=1S/C31H38N4O3S2/c1-3-24(26(4-2)35-12-16-38-17-13-35)32-21-8-9-27-29(18-21)39-28-7-5-6-23(31(28)40-27)25-19-22(20-30(36)33-25)34-10-14-37-15-11-34/h5-9,18-20,24,26,32H,3-4,10-17H2,1-2H3,(H,33,36)/t24?,26-/m0/s1. The monoisotopic (exact) mass is 578 g/mol. The summed E-state index contributed by atoms with van der Waals surface area (Å²) in [5.41, 5.74) is 3.98. The van der Waals surface area contributed by atoms with Crippen molar-refractivity contribution in [2.75, 3.05) is 62.8 Å². The minimum absolute atomic E-state index is 0.0749. The molecule has 40 heavy (non-hydrogen) atoms. The number of hydrogen-bond donors (Lipinski definition) is 2. The Balaban J connectivity index is 1.24. The zero-order valence-corrected chi connectivity index (χ0v) is 24.9. The summed E-state index contributed by atoms with van der Waals surface area (Å²) in [6.45, 7) is 11.2. The first-order valence-corrected chi connectivity index (χ1v) is 16.0. The molecule has 212 valence electrons. The second-order valence-electron chi connectivity index (χ2n) is 10.5. The van der Waals surface area contributed by atoms with Crippen molar-refractivity contribution in [3.05, 3.63) is 58.9 Å². The van der Waals surface area contributed by atoms with Crippen LogP contribution in [0.4, 0.5) is 11.4 Å². The van der Waals surface area contributed by atoms with Crippen molar-refractivity contribution in [2.45, 2.75) is 58.4 Å². The molecule has 0 amide bonds. The highest BCUT2D eigenvalue weighted by Gasteiger charge is 2.27. The summed E-state index contributed by atoms with van der Waals surface area (Å²) in [5.74, 6) is 0. The summed E-state index contributed by atoms with van der Waals surface area (Å²) in [4.78, 5) is 25.5.